The molecule has 0 spiro atoms. The Labute approximate surface area is 220 Å². The summed E-state index contributed by atoms with van der Waals surface area (Å²) >= 11 is 0. The van der Waals surface area contributed by atoms with E-state index in [4.69, 9.17) is 5.11 Å². The average molecular weight is 506 g/mol. The van der Waals surface area contributed by atoms with Crippen LogP contribution in [0.25, 0.3) is 0 Å². The molecule has 2 aliphatic rings. The minimum atomic E-state index is 0. The molecule has 4 unspecified atom stereocenters. The van der Waals surface area contributed by atoms with Crippen molar-refractivity contribution in [1.29, 1.82) is 0 Å². The molecular formula is C28H50NOY-. The summed E-state index contributed by atoms with van der Waals surface area (Å²) in [5.41, 5.74) is 2.44. The first-order valence-corrected chi connectivity index (χ1v) is 12.2. The third-order valence-corrected chi connectivity index (χ3v) is 6.51. The van der Waals surface area contributed by atoms with E-state index in [0.717, 1.165) is 30.6 Å². The zero-order chi connectivity index (χ0) is 22.9. The Morgan fingerprint density at radius 3 is 2.23 bits per heavy atom. The van der Waals surface area contributed by atoms with Crippen molar-refractivity contribution in [3.63, 3.8) is 0 Å². The van der Waals surface area contributed by atoms with Gasteiger partial charge in [0.05, 0.1) is 0 Å². The van der Waals surface area contributed by atoms with Crippen molar-refractivity contribution < 1.29 is 37.8 Å². The van der Waals surface area contributed by atoms with E-state index in [0.29, 0.717) is 12.0 Å². The number of nitrogens with one attached hydrogen (secondary N) is 1. The summed E-state index contributed by atoms with van der Waals surface area (Å²) in [6.07, 6.45) is 21.9. The smallest absolute Gasteiger partial charge is 0.0319 e. The number of aliphatic hydroxyl groups is 1. The van der Waals surface area contributed by atoms with Crippen LogP contribution in [-0.4, -0.2) is 18.3 Å². The molecule has 2 N–H and O–H groups in total. The number of rotatable bonds is 7. The Kier molecular flexibility index (Phi) is 21.5. The summed E-state index contributed by atoms with van der Waals surface area (Å²) in [7, 11) is 1.00. The van der Waals surface area contributed by atoms with Crippen LogP contribution in [0.4, 0.5) is 0 Å². The second-order valence-corrected chi connectivity index (χ2v) is 8.81. The normalized spacial score (nSPS) is 26.9. The maximum Gasteiger partial charge on any atom is 0.0319 e. The van der Waals surface area contributed by atoms with Gasteiger partial charge in [-0.15, -0.1) is 0 Å². The number of hydrogen-bond acceptors (Lipinski definition) is 2. The zero-order valence-electron chi connectivity index (χ0n) is 21.4. The fraction of sp³-hybridized carbons (Fsp3) is 0.679. The van der Waals surface area contributed by atoms with Crippen LogP contribution in [0.15, 0.2) is 48.2 Å². The van der Waals surface area contributed by atoms with Crippen molar-refractivity contribution in [2.45, 2.75) is 92.0 Å². The largest absolute Gasteiger partial charge is 0.400 e. The van der Waals surface area contributed by atoms with Crippen molar-refractivity contribution in [3.05, 3.63) is 55.2 Å². The van der Waals surface area contributed by atoms with E-state index in [-0.39, 0.29) is 32.7 Å². The molecule has 4 atom stereocenters. The van der Waals surface area contributed by atoms with Gasteiger partial charge >= 0.3 is 0 Å². The Bertz CT molecular complexity index is 531. The van der Waals surface area contributed by atoms with E-state index in [2.05, 4.69) is 57.8 Å². The van der Waals surface area contributed by atoms with E-state index in [9.17, 15) is 0 Å². The molecule has 31 heavy (non-hydrogen) atoms. The van der Waals surface area contributed by atoms with Crippen LogP contribution < -0.4 is 5.32 Å². The van der Waals surface area contributed by atoms with Crippen LogP contribution in [0.5, 0.6) is 0 Å². The summed E-state index contributed by atoms with van der Waals surface area (Å²) in [6.45, 7) is 18.9. The van der Waals surface area contributed by atoms with Crippen molar-refractivity contribution in [2.24, 2.45) is 23.7 Å². The van der Waals surface area contributed by atoms with Gasteiger partial charge in [0.15, 0.2) is 0 Å². The number of allylic oxidation sites excluding steroid dienone is 6. The fourth-order valence-corrected chi connectivity index (χ4v) is 4.68. The van der Waals surface area contributed by atoms with Gasteiger partial charge in [-0.2, -0.15) is 6.08 Å². The van der Waals surface area contributed by atoms with E-state index in [1.165, 1.54) is 56.9 Å². The molecule has 0 heterocycles. The molecular weight excluding hydrogens is 455 g/mol. The van der Waals surface area contributed by atoms with Crippen LogP contribution in [0.2, 0.25) is 0 Å². The molecule has 0 aromatic rings. The Balaban J connectivity index is 0. The molecule has 2 aliphatic carbocycles. The van der Waals surface area contributed by atoms with Gasteiger partial charge in [-0.3, -0.25) is 0 Å². The fourth-order valence-electron chi connectivity index (χ4n) is 4.68. The van der Waals surface area contributed by atoms with Crippen LogP contribution in [0.3, 0.4) is 0 Å². The Morgan fingerprint density at radius 1 is 1.03 bits per heavy atom. The summed E-state index contributed by atoms with van der Waals surface area (Å²) in [6, 6.07) is 0.543. The summed E-state index contributed by atoms with van der Waals surface area (Å²) in [5, 5.41) is 10.6. The number of aliphatic hydroxyl groups excluding tert-OH is 1. The van der Waals surface area contributed by atoms with Crippen LogP contribution >= 0.6 is 0 Å². The van der Waals surface area contributed by atoms with Crippen LogP contribution in [0.1, 0.15) is 86.0 Å². The molecule has 0 bridgehead atoms. The second-order valence-electron chi connectivity index (χ2n) is 8.81. The van der Waals surface area contributed by atoms with Crippen molar-refractivity contribution in [3.8, 4) is 0 Å². The van der Waals surface area contributed by atoms with E-state index >= 15 is 0 Å². The van der Waals surface area contributed by atoms with Crippen molar-refractivity contribution >= 4 is 0 Å². The van der Waals surface area contributed by atoms with E-state index < -0.39 is 0 Å². The second kappa shape index (κ2) is 20.3. The van der Waals surface area contributed by atoms with Gasteiger partial charge in [-0.25, -0.2) is 13.0 Å². The van der Waals surface area contributed by atoms with E-state index in [1.807, 2.05) is 26.0 Å². The van der Waals surface area contributed by atoms with Gasteiger partial charge in [-0.1, -0.05) is 83.0 Å². The van der Waals surface area contributed by atoms with Gasteiger partial charge in [-0.05, 0) is 62.7 Å². The molecule has 2 rings (SSSR count). The molecule has 3 heteroatoms. The Morgan fingerprint density at radius 2 is 1.65 bits per heavy atom. The van der Waals surface area contributed by atoms with Gasteiger partial charge in [0.25, 0.3) is 0 Å². The van der Waals surface area contributed by atoms with Gasteiger partial charge in [0, 0.05) is 45.9 Å². The molecule has 0 aliphatic heterocycles. The first-order chi connectivity index (χ1) is 14.5. The van der Waals surface area contributed by atoms with Gasteiger partial charge < -0.3 is 10.4 Å². The quantitative estimate of drug-likeness (QED) is 0.275. The maximum atomic E-state index is 7.00. The molecule has 0 aromatic carbocycles. The average Bonchev–Trinajstić information content (AvgIpc) is 2.77. The molecule has 177 valence electrons. The van der Waals surface area contributed by atoms with Gasteiger partial charge in [0.1, 0.15) is 0 Å². The SMILES string of the molecule is C=C(/C=C\[CH2-])NC1CC(C)C(C/C=C(C)/C=C/C2CCCCC2)CC1C.CC.CO.[Y]. The van der Waals surface area contributed by atoms with Crippen LogP contribution in [-0.2, 0) is 32.7 Å². The maximum absolute atomic E-state index is 7.00. The minimum absolute atomic E-state index is 0. The topological polar surface area (TPSA) is 32.3 Å². The molecule has 0 aromatic heterocycles. The molecule has 2 fully saturated rings. The predicted molar refractivity (Wildman–Crippen MR) is 135 cm³/mol. The summed E-state index contributed by atoms with van der Waals surface area (Å²) < 4.78 is 0. The predicted octanol–water partition coefficient (Wildman–Crippen LogP) is 7.64. The molecule has 1 radical (unpaired) electrons. The summed E-state index contributed by atoms with van der Waals surface area (Å²) in [4.78, 5) is 0. The minimum Gasteiger partial charge on any atom is -0.400 e. The van der Waals surface area contributed by atoms with E-state index in [1.54, 1.807) is 0 Å². The molecule has 2 saturated carbocycles. The standard InChI is InChI=1S/C25H40N.C2H6.CH4O.Y/c1-6-10-22(5)26-25-18-20(3)24(17-21(25)4)16-14-19(2)13-15-23-11-8-7-9-12-23;2*1-2;/h6,10,13-15,20-21,23-26H,1,5,7-9,11-12,16-18H2,2-4H3;1-2H3;2H,1H3;/q-1;;;/b10-6-,15-13+,19-14+;;;. The molecule has 2 nitrogen and oxygen atoms in total. The summed E-state index contributed by atoms with van der Waals surface area (Å²) in [5.74, 6) is 3.08. The third-order valence-electron chi connectivity index (χ3n) is 6.51. The Hall–Kier alpha value is -0.306. The zero-order valence-corrected chi connectivity index (χ0v) is 24.2. The van der Waals surface area contributed by atoms with Crippen molar-refractivity contribution in [1.82, 2.24) is 5.32 Å². The molecule has 0 saturated heterocycles. The first-order valence-electron chi connectivity index (χ1n) is 12.2. The number of hydrogen-bond donors (Lipinski definition) is 2. The first kappa shape index (κ1) is 32.9. The van der Waals surface area contributed by atoms with Crippen LogP contribution in [0, 0.1) is 30.6 Å². The monoisotopic (exact) mass is 505 g/mol. The van der Waals surface area contributed by atoms with Gasteiger partial charge in [0.2, 0.25) is 0 Å². The van der Waals surface area contributed by atoms with Crippen molar-refractivity contribution in [2.75, 3.05) is 7.11 Å². The molecule has 0 amide bonds. The third kappa shape index (κ3) is 13.8.